The fraction of sp³-hybridized carbons (Fsp3) is 0.769. The second-order valence-electron chi connectivity index (χ2n) is 5.40. The Bertz CT molecular complexity index is 394. The molecule has 5 nitrogen and oxygen atoms in total. The molecule has 2 N–H and O–H groups in total. The Morgan fingerprint density at radius 2 is 2.17 bits per heavy atom. The normalized spacial score (nSPS) is 32.7. The van der Waals surface area contributed by atoms with Crippen molar-refractivity contribution in [2.45, 2.75) is 32.0 Å². The molecule has 3 aliphatic heterocycles. The second-order valence-corrected chi connectivity index (χ2v) is 5.40. The monoisotopic (exact) mass is 249 g/mol. The minimum Gasteiger partial charge on any atom is -0.335 e. The van der Waals surface area contributed by atoms with Crippen molar-refractivity contribution in [3.63, 3.8) is 0 Å². The van der Waals surface area contributed by atoms with Gasteiger partial charge in [-0.05, 0) is 6.92 Å². The van der Waals surface area contributed by atoms with Gasteiger partial charge in [-0.15, -0.1) is 0 Å². The summed E-state index contributed by atoms with van der Waals surface area (Å²) in [7, 11) is 0. The first-order chi connectivity index (χ1) is 8.78. The van der Waals surface area contributed by atoms with E-state index in [1.54, 1.807) is 0 Å². The molecule has 4 heterocycles. The van der Waals surface area contributed by atoms with E-state index in [1.165, 1.54) is 26.2 Å². The summed E-state index contributed by atoms with van der Waals surface area (Å²) >= 11 is 0. The Morgan fingerprint density at radius 3 is 2.78 bits per heavy atom. The highest BCUT2D eigenvalue weighted by atomic mass is 15.3. The van der Waals surface area contributed by atoms with Crippen LogP contribution in [0.4, 0.5) is 0 Å². The van der Waals surface area contributed by atoms with Gasteiger partial charge in [0.1, 0.15) is 5.82 Å². The van der Waals surface area contributed by atoms with E-state index in [2.05, 4.69) is 26.3 Å². The zero-order chi connectivity index (χ0) is 12.5. The summed E-state index contributed by atoms with van der Waals surface area (Å²) in [5, 5.41) is 0. The van der Waals surface area contributed by atoms with Crippen LogP contribution in [0.15, 0.2) is 12.4 Å². The lowest BCUT2D eigenvalue weighted by molar-refractivity contribution is 0.00226. The summed E-state index contributed by atoms with van der Waals surface area (Å²) in [5.74, 6) is 1.13. The third-order valence-electron chi connectivity index (χ3n) is 4.38. The van der Waals surface area contributed by atoms with Crippen molar-refractivity contribution in [2.75, 3.05) is 32.7 Å². The summed E-state index contributed by atoms with van der Waals surface area (Å²) in [4.78, 5) is 9.53. The van der Waals surface area contributed by atoms with E-state index in [4.69, 9.17) is 5.73 Å². The molecular formula is C13H23N5. The molecule has 1 aromatic rings. The molecule has 3 saturated heterocycles. The number of nitrogens with zero attached hydrogens (tertiary/aromatic N) is 4. The van der Waals surface area contributed by atoms with Gasteiger partial charge in [0.25, 0.3) is 0 Å². The van der Waals surface area contributed by atoms with Gasteiger partial charge in [0, 0.05) is 70.2 Å². The van der Waals surface area contributed by atoms with E-state index < -0.39 is 0 Å². The van der Waals surface area contributed by atoms with Crippen LogP contribution in [0.25, 0.3) is 0 Å². The largest absolute Gasteiger partial charge is 0.335 e. The predicted octanol–water partition coefficient (Wildman–Crippen LogP) is -0.227. The van der Waals surface area contributed by atoms with E-state index in [0.717, 1.165) is 25.3 Å². The maximum absolute atomic E-state index is 6.43. The van der Waals surface area contributed by atoms with Gasteiger partial charge in [0.2, 0.25) is 0 Å². The molecule has 0 saturated carbocycles. The van der Waals surface area contributed by atoms with Gasteiger partial charge in [-0.3, -0.25) is 9.80 Å². The Kier molecular flexibility index (Phi) is 3.37. The Hall–Kier alpha value is -0.910. The minimum absolute atomic E-state index is 0.195. The standard InChI is InChI=1S/C13H23N5/c1-2-17-4-3-15-13(17)9-11(14)12-10-16-5-7-18(12)8-6-16/h3-4,11-12H,2,5-10,14H2,1H3. The predicted molar refractivity (Wildman–Crippen MR) is 71.4 cm³/mol. The van der Waals surface area contributed by atoms with Crippen LogP contribution in [0, 0.1) is 0 Å². The molecule has 1 aromatic heterocycles. The summed E-state index contributed by atoms with van der Waals surface area (Å²) in [6.45, 7) is 9.05. The summed E-state index contributed by atoms with van der Waals surface area (Å²) in [6, 6.07) is 0.704. The second kappa shape index (κ2) is 4.99. The van der Waals surface area contributed by atoms with Crippen LogP contribution in [0.1, 0.15) is 12.7 Å². The SMILES string of the molecule is CCn1ccnc1CC(N)C1CN2CCN1CC2. The van der Waals surface area contributed by atoms with E-state index in [1.807, 2.05) is 12.4 Å². The molecule has 2 atom stereocenters. The van der Waals surface area contributed by atoms with Crippen molar-refractivity contribution in [1.82, 2.24) is 19.4 Å². The van der Waals surface area contributed by atoms with Crippen LogP contribution in [-0.4, -0.2) is 64.2 Å². The molecule has 0 aliphatic carbocycles. The molecule has 0 amide bonds. The number of aromatic nitrogens is 2. The maximum Gasteiger partial charge on any atom is 0.110 e. The molecule has 2 unspecified atom stereocenters. The topological polar surface area (TPSA) is 50.3 Å². The molecule has 0 spiro atoms. The Balaban J connectivity index is 1.66. The summed E-state index contributed by atoms with van der Waals surface area (Å²) in [6.07, 6.45) is 4.80. The van der Waals surface area contributed by atoms with E-state index in [-0.39, 0.29) is 6.04 Å². The van der Waals surface area contributed by atoms with E-state index >= 15 is 0 Å². The highest BCUT2D eigenvalue weighted by Crippen LogP contribution is 2.19. The lowest BCUT2D eigenvalue weighted by Gasteiger charge is -2.49. The molecule has 100 valence electrons. The zero-order valence-electron chi connectivity index (χ0n) is 11.1. The van der Waals surface area contributed by atoms with Crippen LogP contribution in [0.2, 0.25) is 0 Å². The third kappa shape index (κ3) is 2.18. The number of hydrogen-bond donors (Lipinski definition) is 1. The highest BCUT2D eigenvalue weighted by Gasteiger charge is 2.35. The molecular weight excluding hydrogens is 226 g/mol. The molecule has 5 heteroatoms. The number of nitrogens with two attached hydrogens (primary N) is 1. The fourth-order valence-corrected chi connectivity index (χ4v) is 3.23. The summed E-state index contributed by atoms with van der Waals surface area (Å²) < 4.78 is 2.19. The van der Waals surface area contributed by atoms with Crippen LogP contribution in [0.5, 0.6) is 0 Å². The van der Waals surface area contributed by atoms with Crippen LogP contribution < -0.4 is 5.73 Å². The molecule has 2 bridgehead atoms. The molecule has 4 rings (SSSR count). The molecule has 0 radical (unpaired) electrons. The number of aryl methyl sites for hydroxylation is 1. The quantitative estimate of drug-likeness (QED) is 0.801. The Morgan fingerprint density at radius 1 is 1.39 bits per heavy atom. The van der Waals surface area contributed by atoms with E-state index in [9.17, 15) is 0 Å². The van der Waals surface area contributed by atoms with Crippen molar-refractivity contribution in [3.8, 4) is 0 Å². The van der Waals surface area contributed by atoms with Crippen LogP contribution in [0.3, 0.4) is 0 Å². The molecule has 18 heavy (non-hydrogen) atoms. The van der Waals surface area contributed by atoms with Crippen molar-refractivity contribution in [1.29, 1.82) is 0 Å². The van der Waals surface area contributed by atoms with Gasteiger partial charge in [-0.1, -0.05) is 0 Å². The first kappa shape index (κ1) is 12.1. The highest BCUT2D eigenvalue weighted by molar-refractivity contribution is 5.01. The number of piperazine rings is 3. The first-order valence-corrected chi connectivity index (χ1v) is 7.00. The lowest BCUT2D eigenvalue weighted by Crippen LogP contribution is -2.66. The molecule has 3 aliphatic rings. The van der Waals surface area contributed by atoms with Gasteiger partial charge in [0.05, 0.1) is 0 Å². The number of hydrogen-bond acceptors (Lipinski definition) is 4. The number of rotatable bonds is 4. The lowest BCUT2D eigenvalue weighted by atomic mass is 9.98. The van der Waals surface area contributed by atoms with Gasteiger partial charge >= 0.3 is 0 Å². The molecule has 3 fully saturated rings. The summed E-state index contributed by atoms with van der Waals surface area (Å²) in [5.41, 5.74) is 6.43. The zero-order valence-corrected chi connectivity index (χ0v) is 11.1. The molecule has 0 aromatic carbocycles. The fourth-order valence-electron chi connectivity index (χ4n) is 3.23. The number of fused-ring (bicyclic) bond motifs is 3. The van der Waals surface area contributed by atoms with Crippen molar-refractivity contribution in [3.05, 3.63) is 18.2 Å². The van der Waals surface area contributed by atoms with Gasteiger partial charge in [0.15, 0.2) is 0 Å². The van der Waals surface area contributed by atoms with Crippen LogP contribution in [-0.2, 0) is 13.0 Å². The maximum atomic E-state index is 6.43. The van der Waals surface area contributed by atoms with Crippen LogP contribution >= 0.6 is 0 Å². The van der Waals surface area contributed by atoms with Crippen molar-refractivity contribution >= 4 is 0 Å². The minimum atomic E-state index is 0.195. The van der Waals surface area contributed by atoms with Crippen molar-refractivity contribution in [2.24, 2.45) is 5.73 Å². The van der Waals surface area contributed by atoms with Crippen molar-refractivity contribution < 1.29 is 0 Å². The van der Waals surface area contributed by atoms with Gasteiger partial charge in [-0.2, -0.15) is 0 Å². The smallest absolute Gasteiger partial charge is 0.110 e. The number of imidazole rings is 1. The van der Waals surface area contributed by atoms with E-state index in [0.29, 0.717) is 6.04 Å². The first-order valence-electron chi connectivity index (χ1n) is 7.00. The van der Waals surface area contributed by atoms with Gasteiger partial charge < -0.3 is 10.3 Å². The Labute approximate surface area is 109 Å². The third-order valence-corrected chi connectivity index (χ3v) is 4.38. The van der Waals surface area contributed by atoms with Gasteiger partial charge in [-0.25, -0.2) is 4.98 Å². The average molecular weight is 249 g/mol. The average Bonchev–Trinajstić information content (AvgIpc) is 2.87.